The highest BCUT2D eigenvalue weighted by Crippen LogP contribution is 2.20. The molecule has 0 aliphatic rings. The number of nitrogens with one attached hydrogen (secondary N) is 1. The van der Waals surface area contributed by atoms with E-state index in [1.165, 1.54) is 44.3 Å². The van der Waals surface area contributed by atoms with Crippen LogP contribution in [0.4, 0.5) is 5.69 Å². The Morgan fingerprint density at radius 1 is 1.23 bits per heavy atom. The van der Waals surface area contributed by atoms with Crippen molar-refractivity contribution in [3.8, 4) is 0 Å². The van der Waals surface area contributed by atoms with Crippen molar-refractivity contribution in [2.75, 3.05) is 11.1 Å². The largest absolute Gasteiger partial charge is 0.449 e. The summed E-state index contributed by atoms with van der Waals surface area (Å²) in [7, 11) is -3.61. The van der Waals surface area contributed by atoms with E-state index in [1.54, 1.807) is 12.1 Å². The highest BCUT2D eigenvalue weighted by Gasteiger charge is 2.25. The lowest BCUT2D eigenvalue weighted by atomic mass is 10.2. The van der Waals surface area contributed by atoms with Crippen LogP contribution in [0.3, 0.4) is 0 Å². The average Bonchev–Trinajstić information content (AvgIpc) is 2.63. The summed E-state index contributed by atoms with van der Waals surface area (Å²) in [6.07, 6.45) is 0.295. The number of rotatable bonds is 6. The first-order chi connectivity index (χ1) is 12.3. The second-order valence-corrected chi connectivity index (χ2v) is 7.88. The molecule has 0 radical (unpaired) electrons. The van der Waals surface area contributed by atoms with Crippen molar-refractivity contribution in [3.63, 3.8) is 0 Å². The zero-order chi connectivity index (χ0) is 19.3. The lowest BCUT2D eigenvalue weighted by molar-refractivity contribution is -0.123. The van der Waals surface area contributed by atoms with Crippen LogP contribution in [0.5, 0.6) is 0 Å². The van der Waals surface area contributed by atoms with Crippen molar-refractivity contribution in [2.45, 2.75) is 24.8 Å². The maximum atomic E-state index is 12.4. The van der Waals surface area contributed by atoms with Crippen molar-refractivity contribution in [1.82, 2.24) is 4.98 Å². The molecule has 1 amide bonds. The Morgan fingerprint density at radius 2 is 1.92 bits per heavy atom. The van der Waals surface area contributed by atoms with Crippen molar-refractivity contribution in [1.29, 1.82) is 0 Å². The summed E-state index contributed by atoms with van der Waals surface area (Å²) < 4.78 is 29.3. The van der Waals surface area contributed by atoms with Gasteiger partial charge >= 0.3 is 5.97 Å². The van der Waals surface area contributed by atoms with E-state index in [2.05, 4.69) is 10.3 Å². The van der Waals surface area contributed by atoms with Gasteiger partial charge in [0.1, 0.15) is 0 Å². The van der Waals surface area contributed by atoms with Gasteiger partial charge in [0.25, 0.3) is 5.91 Å². The van der Waals surface area contributed by atoms with Crippen LogP contribution in [-0.4, -0.2) is 37.1 Å². The molecule has 138 valence electrons. The van der Waals surface area contributed by atoms with Gasteiger partial charge in [0, 0.05) is 6.20 Å². The molecular formula is C17H17ClN2O5S. The average molecular weight is 397 g/mol. The monoisotopic (exact) mass is 396 g/mol. The number of sulfone groups is 1. The third kappa shape index (κ3) is 4.59. The number of pyridine rings is 1. The third-order valence-corrected chi connectivity index (χ3v) is 5.58. The van der Waals surface area contributed by atoms with Gasteiger partial charge in [-0.1, -0.05) is 30.7 Å². The van der Waals surface area contributed by atoms with Gasteiger partial charge in [-0.15, -0.1) is 0 Å². The van der Waals surface area contributed by atoms with E-state index in [-0.39, 0.29) is 27.1 Å². The second-order valence-electron chi connectivity index (χ2n) is 5.28. The topological polar surface area (TPSA) is 102 Å². The summed E-state index contributed by atoms with van der Waals surface area (Å²) >= 11 is 5.86. The molecule has 7 nitrogen and oxygen atoms in total. The van der Waals surface area contributed by atoms with E-state index in [4.69, 9.17) is 16.3 Å². The standard InChI is InChI=1S/C17H17ClN2O5S/c1-3-26(23,24)14-9-5-4-7-12(14)17(22)25-11(2)16(21)20-13-8-6-10-19-15(13)18/h4-11H,3H2,1-2H3,(H,20,21)/t11-/m0/s1. The van der Waals surface area contributed by atoms with Crippen LogP contribution < -0.4 is 5.32 Å². The Morgan fingerprint density at radius 3 is 2.58 bits per heavy atom. The fraction of sp³-hybridized carbons (Fsp3) is 0.235. The van der Waals surface area contributed by atoms with Gasteiger partial charge in [-0.25, -0.2) is 18.2 Å². The van der Waals surface area contributed by atoms with Crippen LogP contribution in [0.2, 0.25) is 5.15 Å². The molecule has 1 heterocycles. The summed E-state index contributed by atoms with van der Waals surface area (Å²) in [4.78, 5) is 28.2. The lowest BCUT2D eigenvalue weighted by Crippen LogP contribution is -2.30. The molecule has 26 heavy (non-hydrogen) atoms. The van der Waals surface area contributed by atoms with Crippen LogP contribution in [0.15, 0.2) is 47.5 Å². The normalized spacial score (nSPS) is 12.3. The van der Waals surface area contributed by atoms with Crippen LogP contribution in [-0.2, 0) is 19.4 Å². The maximum absolute atomic E-state index is 12.4. The SMILES string of the molecule is CCS(=O)(=O)c1ccccc1C(=O)O[C@@H](C)C(=O)Nc1cccnc1Cl. The van der Waals surface area contributed by atoms with Crippen LogP contribution in [0, 0.1) is 0 Å². The van der Waals surface area contributed by atoms with E-state index >= 15 is 0 Å². The molecule has 1 aromatic carbocycles. The minimum Gasteiger partial charge on any atom is -0.449 e. The molecule has 1 N–H and O–H groups in total. The summed E-state index contributed by atoms with van der Waals surface area (Å²) in [5.41, 5.74) is 0.157. The second kappa shape index (κ2) is 8.29. The maximum Gasteiger partial charge on any atom is 0.340 e. The number of esters is 1. The minimum absolute atomic E-state index is 0.0961. The molecule has 0 saturated heterocycles. The Hall–Kier alpha value is -2.45. The van der Waals surface area contributed by atoms with Gasteiger partial charge in [-0.2, -0.15) is 0 Å². The van der Waals surface area contributed by atoms with Crippen LogP contribution in [0.1, 0.15) is 24.2 Å². The zero-order valence-electron chi connectivity index (χ0n) is 14.1. The summed E-state index contributed by atoms with van der Waals surface area (Å²) in [6, 6.07) is 8.84. The number of halogens is 1. The fourth-order valence-electron chi connectivity index (χ4n) is 2.05. The van der Waals surface area contributed by atoms with Gasteiger partial charge in [0.05, 0.1) is 21.9 Å². The number of carbonyl (C=O) groups is 2. The number of ether oxygens (including phenoxy) is 1. The number of hydrogen-bond acceptors (Lipinski definition) is 6. The summed E-state index contributed by atoms with van der Waals surface area (Å²) in [5, 5.41) is 2.59. The van der Waals surface area contributed by atoms with Gasteiger partial charge in [-0.3, -0.25) is 4.79 Å². The highest BCUT2D eigenvalue weighted by molar-refractivity contribution is 7.91. The number of anilines is 1. The van der Waals surface area contributed by atoms with Gasteiger partial charge in [0.2, 0.25) is 0 Å². The van der Waals surface area contributed by atoms with Crippen molar-refractivity contribution in [2.24, 2.45) is 0 Å². The van der Waals surface area contributed by atoms with E-state index in [0.717, 1.165) is 0 Å². The Bertz CT molecular complexity index is 930. The third-order valence-electron chi connectivity index (χ3n) is 3.49. The molecular weight excluding hydrogens is 380 g/mol. The fourth-order valence-corrected chi connectivity index (χ4v) is 3.30. The molecule has 9 heteroatoms. The number of amides is 1. The predicted octanol–water partition coefficient (Wildman–Crippen LogP) is 2.71. The van der Waals surface area contributed by atoms with E-state index in [0.29, 0.717) is 0 Å². The van der Waals surface area contributed by atoms with Crippen molar-refractivity contribution < 1.29 is 22.7 Å². The molecule has 0 fully saturated rings. The molecule has 0 spiro atoms. The number of hydrogen-bond donors (Lipinski definition) is 1. The summed E-state index contributed by atoms with van der Waals surface area (Å²) in [6.45, 7) is 2.85. The molecule has 0 aliphatic heterocycles. The molecule has 2 aromatic rings. The van der Waals surface area contributed by atoms with Crippen LogP contribution >= 0.6 is 11.6 Å². The molecule has 0 saturated carbocycles. The molecule has 1 aromatic heterocycles. The van der Waals surface area contributed by atoms with Gasteiger partial charge in [-0.05, 0) is 31.2 Å². The number of benzene rings is 1. The smallest absolute Gasteiger partial charge is 0.340 e. The Labute approximate surface area is 156 Å². The number of aromatic nitrogens is 1. The molecule has 0 aliphatic carbocycles. The summed E-state index contributed by atoms with van der Waals surface area (Å²) in [5.74, 6) is -1.69. The van der Waals surface area contributed by atoms with E-state index < -0.39 is 27.8 Å². The Kier molecular flexibility index (Phi) is 6.33. The van der Waals surface area contributed by atoms with Crippen molar-refractivity contribution >= 4 is 39.0 Å². The lowest BCUT2D eigenvalue weighted by Gasteiger charge is -2.15. The Balaban J connectivity index is 2.15. The van der Waals surface area contributed by atoms with E-state index in [9.17, 15) is 18.0 Å². The zero-order valence-corrected chi connectivity index (χ0v) is 15.7. The predicted molar refractivity (Wildman–Crippen MR) is 96.9 cm³/mol. The highest BCUT2D eigenvalue weighted by atomic mass is 35.5. The molecule has 2 rings (SSSR count). The number of nitrogens with zero attached hydrogens (tertiary/aromatic N) is 1. The molecule has 1 atom stereocenters. The number of carbonyl (C=O) groups excluding carboxylic acids is 2. The van der Waals surface area contributed by atoms with Gasteiger partial charge < -0.3 is 10.1 Å². The quantitative estimate of drug-likeness (QED) is 0.594. The van der Waals surface area contributed by atoms with Crippen LogP contribution in [0.25, 0.3) is 0 Å². The first-order valence-electron chi connectivity index (χ1n) is 7.70. The van der Waals surface area contributed by atoms with Gasteiger partial charge in [0.15, 0.2) is 21.1 Å². The minimum atomic E-state index is -3.61. The first-order valence-corrected chi connectivity index (χ1v) is 9.73. The molecule has 0 bridgehead atoms. The molecule has 0 unspecified atom stereocenters. The first kappa shape index (κ1) is 19.9. The van der Waals surface area contributed by atoms with Crippen molar-refractivity contribution in [3.05, 3.63) is 53.3 Å². The van der Waals surface area contributed by atoms with E-state index in [1.807, 2.05) is 0 Å².